The highest BCUT2D eigenvalue weighted by Gasteiger charge is 2.05. The van der Waals surface area contributed by atoms with Crippen LogP contribution >= 0.6 is 11.8 Å². The summed E-state index contributed by atoms with van der Waals surface area (Å²) >= 11 is 1.76. The molecule has 2 heteroatoms. The first-order chi connectivity index (χ1) is 9.29. The molecule has 0 saturated heterocycles. The minimum absolute atomic E-state index is 0.152. The summed E-state index contributed by atoms with van der Waals surface area (Å²) in [6.45, 7) is 0. The summed E-state index contributed by atoms with van der Waals surface area (Å²) in [5.41, 5.74) is 8.88. The Morgan fingerprint density at radius 2 is 1.68 bits per heavy atom. The van der Waals surface area contributed by atoms with Gasteiger partial charge in [-0.1, -0.05) is 42.5 Å². The van der Waals surface area contributed by atoms with Crippen LogP contribution < -0.4 is 5.73 Å². The number of rotatable bonds is 6. The molecule has 0 heterocycles. The van der Waals surface area contributed by atoms with Crippen molar-refractivity contribution in [1.82, 2.24) is 0 Å². The third kappa shape index (κ3) is 4.41. The maximum Gasteiger partial charge on any atom is 0.0294 e. The van der Waals surface area contributed by atoms with Gasteiger partial charge >= 0.3 is 0 Å². The van der Waals surface area contributed by atoms with E-state index in [4.69, 9.17) is 5.73 Å². The molecule has 2 rings (SSSR count). The van der Waals surface area contributed by atoms with E-state index in [1.165, 1.54) is 16.0 Å². The Hall–Kier alpha value is -1.25. The molecule has 0 spiro atoms. The summed E-state index contributed by atoms with van der Waals surface area (Å²) in [6, 6.07) is 19.4. The molecule has 0 aliphatic rings. The lowest BCUT2D eigenvalue weighted by Gasteiger charge is -2.12. The van der Waals surface area contributed by atoms with Crippen molar-refractivity contribution >= 4 is 11.8 Å². The van der Waals surface area contributed by atoms with Crippen LogP contribution in [-0.2, 0) is 6.42 Å². The van der Waals surface area contributed by atoms with E-state index in [2.05, 4.69) is 60.9 Å². The molecule has 0 radical (unpaired) electrons. The highest BCUT2D eigenvalue weighted by Crippen LogP contribution is 2.21. The molecule has 0 amide bonds. The van der Waals surface area contributed by atoms with Crippen molar-refractivity contribution < 1.29 is 0 Å². The first kappa shape index (κ1) is 14.2. The first-order valence-corrected chi connectivity index (χ1v) is 7.95. The molecule has 1 atom stereocenters. The van der Waals surface area contributed by atoms with Gasteiger partial charge in [0.15, 0.2) is 0 Å². The average molecular weight is 271 g/mol. The zero-order valence-electron chi connectivity index (χ0n) is 11.4. The molecule has 2 N–H and O–H groups in total. The molecule has 2 aromatic rings. The van der Waals surface area contributed by atoms with Crippen LogP contribution in [0.2, 0.25) is 0 Å². The van der Waals surface area contributed by atoms with Crippen molar-refractivity contribution in [3.8, 4) is 0 Å². The Morgan fingerprint density at radius 3 is 2.32 bits per heavy atom. The van der Waals surface area contributed by atoms with Gasteiger partial charge in [-0.2, -0.15) is 0 Å². The van der Waals surface area contributed by atoms with Gasteiger partial charge in [0.05, 0.1) is 0 Å². The highest BCUT2D eigenvalue weighted by atomic mass is 32.2. The van der Waals surface area contributed by atoms with Crippen LogP contribution in [0, 0.1) is 0 Å². The van der Waals surface area contributed by atoms with Gasteiger partial charge in [-0.15, -0.1) is 11.8 Å². The fraction of sp³-hybridized carbons (Fsp3) is 0.294. The molecular formula is C17H21NS. The molecule has 0 aromatic heterocycles. The maximum atomic E-state index is 6.24. The average Bonchev–Trinajstić information content (AvgIpc) is 2.48. The topological polar surface area (TPSA) is 26.0 Å². The van der Waals surface area contributed by atoms with Gasteiger partial charge in [0.2, 0.25) is 0 Å². The van der Waals surface area contributed by atoms with Crippen LogP contribution in [0.4, 0.5) is 0 Å². The van der Waals surface area contributed by atoms with Crippen molar-refractivity contribution in [2.75, 3.05) is 6.26 Å². The number of nitrogens with two attached hydrogens (primary N) is 1. The molecule has 19 heavy (non-hydrogen) atoms. The van der Waals surface area contributed by atoms with Crippen LogP contribution in [0.25, 0.3) is 0 Å². The van der Waals surface area contributed by atoms with E-state index < -0.39 is 0 Å². The van der Waals surface area contributed by atoms with E-state index in [9.17, 15) is 0 Å². The fourth-order valence-electron chi connectivity index (χ4n) is 2.19. The minimum atomic E-state index is 0.152. The van der Waals surface area contributed by atoms with E-state index in [1.54, 1.807) is 11.8 Å². The third-order valence-corrected chi connectivity index (χ3v) is 4.11. The van der Waals surface area contributed by atoms with Gasteiger partial charge in [0.25, 0.3) is 0 Å². The van der Waals surface area contributed by atoms with Crippen LogP contribution in [0.1, 0.15) is 30.0 Å². The lowest BCUT2D eigenvalue weighted by molar-refractivity contribution is 0.611. The quantitative estimate of drug-likeness (QED) is 0.786. The van der Waals surface area contributed by atoms with E-state index in [0.29, 0.717) is 0 Å². The molecule has 2 aromatic carbocycles. The summed E-state index contributed by atoms with van der Waals surface area (Å²) in [5.74, 6) is 0. The van der Waals surface area contributed by atoms with Crippen molar-refractivity contribution in [1.29, 1.82) is 0 Å². The van der Waals surface area contributed by atoms with Crippen molar-refractivity contribution in [2.45, 2.75) is 30.2 Å². The maximum absolute atomic E-state index is 6.24. The zero-order valence-corrected chi connectivity index (χ0v) is 12.2. The van der Waals surface area contributed by atoms with E-state index >= 15 is 0 Å². The highest BCUT2D eigenvalue weighted by molar-refractivity contribution is 7.98. The van der Waals surface area contributed by atoms with Crippen molar-refractivity contribution in [3.63, 3.8) is 0 Å². The summed E-state index contributed by atoms with van der Waals surface area (Å²) < 4.78 is 0. The van der Waals surface area contributed by atoms with Crippen LogP contribution in [-0.4, -0.2) is 6.26 Å². The predicted octanol–water partition coefficient (Wildman–Crippen LogP) is 4.43. The lowest BCUT2D eigenvalue weighted by Crippen LogP contribution is -2.10. The Kier molecular flexibility index (Phi) is 5.49. The van der Waals surface area contributed by atoms with Crippen molar-refractivity contribution in [2.24, 2.45) is 5.73 Å². The van der Waals surface area contributed by atoms with Gasteiger partial charge in [-0.3, -0.25) is 0 Å². The summed E-state index contributed by atoms with van der Waals surface area (Å²) in [7, 11) is 0. The molecule has 1 unspecified atom stereocenters. The standard InChI is InChI=1S/C17H21NS/c1-19-16-12-10-15(11-13-16)17(18)9-5-8-14-6-3-2-4-7-14/h2-4,6-7,10-13,17H,5,8-9,18H2,1H3. The summed E-state index contributed by atoms with van der Waals surface area (Å²) in [4.78, 5) is 1.29. The van der Waals surface area contributed by atoms with E-state index in [1.807, 2.05) is 0 Å². The summed E-state index contributed by atoms with van der Waals surface area (Å²) in [6.07, 6.45) is 5.37. The molecule has 0 aliphatic carbocycles. The smallest absolute Gasteiger partial charge is 0.0294 e. The van der Waals surface area contributed by atoms with Gasteiger partial charge in [0.1, 0.15) is 0 Å². The fourth-order valence-corrected chi connectivity index (χ4v) is 2.60. The largest absolute Gasteiger partial charge is 0.324 e. The first-order valence-electron chi connectivity index (χ1n) is 6.73. The minimum Gasteiger partial charge on any atom is -0.324 e. The number of hydrogen-bond donors (Lipinski definition) is 1. The van der Waals surface area contributed by atoms with Crippen LogP contribution in [0.15, 0.2) is 59.5 Å². The molecule has 100 valence electrons. The summed E-state index contributed by atoms with van der Waals surface area (Å²) in [5, 5.41) is 0. The predicted molar refractivity (Wildman–Crippen MR) is 84.5 cm³/mol. The second-order valence-corrected chi connectivity index (χ2v) is 5.64. The monoisotopic (exact) mass is 271 g/mol. The van der Waals surface area contributed by atoms with Crippen LogP contribution in [0.5, 0.6) is 0 Å². The normalized spacial score (nSPS) is 12.3. The SMILES string of the molecule is CSc1ccc(C(N)CCCc2ccccc2)cc1. The Labute approximate surface area is 120 Å². The van der Waals surface area contributed by atoms with Gasteiger partial charge < -0.3 is 5.73 Å². The van der Waals surface area contributed by atoms with E-state index in [-0.39, 0.29) is 6.04 Å². The van der Waals surface area contributed by atoms with Gasteiger partial charge in [0, 0.05) is 10.9 Å². The third-order valence-electron chi connectivity index (χ3n) is 3.37. The van der Waals surface area contributed by atoms with Crippen molar-refractivity contribution in [3.05, 3.63) is 65.7 Å². The lowest BCUT2D eigenvalue weighted by atomic mass is 10.00. The Balaban J connectivity index is 1.82. The zero-order chi connectivity index (χ0) is 13.5. The molecule has 1 nitrogen and oxygen atoms in total. The van der Waals surface area contributed by atoms with E-state index in [0.717, 1.165) is 19.3 Å². The number of benzene rings is 2. The molecule has 0 aliphatic heterocycles. The Morgan fingerprint density at radius 1 is 1.00 bits per heavy atom. The number of hydrogen-bond acceptors (Lipinski definition) is 2. The molecule has 0 fully saturated rings. The Bertz CT molecular complexity index is 478. The van der Waals surface area contributed by atoms with Crippen LogP contribution in [0.3, 0.4) is 0 Å². The number of thioether (sulfide) groups is 1. The van der Waals surface area contributed by atoms with Gasteiger partial charge in [-0.25, -0.2) is 0 Å². The number of aryl methyl sites for hydroxylation is 1. The second-order valence-electron chi connectivity index (χ2n) is 4.76. The molecule has 0 bridgehead atoms. The molecular weight excluding hydrogens is 250 g/mol. The van der Waals surface area contributed by atoms with Gasteiger partial charge in [-0.05, 0) is 48.8 Å². The molecule has 0 saturated carbocycles. The second kappa shape index (κ2) is 7.37.